The standard InChI is InChI=1S/C15H14ClFN3PS/c1-8(2)15-19-18-14-6-10(16)13(7-20(14)15)22-12-4-3-9(21)5-11(12)17/h3-8H,21H2,1-2H3. The van der Waals surface area contributed by atoms with Gasteiger partial charge in [0.05, 0.1) is 5.02 Å². The van der Waals surface area contributed by atoms with Crippen LogP contribution in [-0.2, 0) is 0 Å². The van der Waals surface area contributed by atoms with E-state index >= 15 is 0 Å². The van der Waals surface area contributed by atoms with Crippen molar-refractivity contribution in [3.63, 3.8) is 0 Å². The molecule has 1 unspecified atom stereocenters. The summed E-state index contributed by atoms with van der Waals surface area (Å²) in [5.41, 5.74) is 0.693. The van der Waals surface area contributed by atoms with Crippen molar-refractivity contribution >= 4 is 43.6 Å². The van der Waals surface area contributed by atoms with Gasteiger partial charge in [-0.2, -0.15) is 0 Å². The van der Waals surface area contributed by atoms with Gasteiger partial charge in [0.15, 0.2) is 5.65 Å². The van der Waals surface area contributed by atoms with E-state index < -0.39 is 0 Å². The first-order valence-electron chi connectivity index (χ1n) is 6.72. The summed E-state index contributed by atoms with van der Waals surface area (Å²) in [4.78, 5) is 1.30. The molecule has 0 N–H and O–H groups in total. The molecule has 0 aliphatic carbocycles. The van der Waals surface area contributed by atoms with E-state index in [1.165, 1.54) is 17.8 Å². The molecule has 7 heteroatoms. The van der Waals surface area contributed by atoms with E-state index in [0.29, 0.717) is 15.6 Å². The van der Waals surface area contributed by atoms with E-state index in [-0.39, 0.29) is 11.7 Å². The predicted molar refractivity (Wildman–Crippen MR) is 92.0 cm³/mol. The average Bonchev–Trinajstić information content (AvgIpc) is 2.85. The lowest BCUT2D eigenvalue weighted by molar-refractivity contribution is 0.603. The quantitative estimate of drug-likeness (QED) is 0.658. The molecule has 0 spiro atoms. The zero-order valence-corrected chi connectivity index (χ0v) is 14.8. The maximum atomic E-state index is 14.0. The van der Waals surface area contributed by atoms with Crippen LogP contribution in [0.1, 0.15) is 25.6 Å². The van der Waals surface area contributed by atoms with Crippen molar-refractivity contribution in [2.45, 2.75) is 29.6 Å². The van der Waals surface area contributed by atoms with Crippen molar-refractivity contribution in [1.29, 1.82) is 0 Å². The monoisotopic (exact) mass is 353 g/mol. The number of aromatic nitrogens is 3. The lowest BCUT2D eigenvalue weighted by Gasteiger charge is -2.08. The number of hydrogen-bond donors (Lipinski definition) is 0. The molecular weight excluding hydrogens is 340 g/mol. The molecule has 3 rings (SSSR count). The van der Waals surface area contributed by atoms with Crippen LogP contribution in [0.5, 0.6) is 0 Å². The molecule has 0 aliphatic heterocycles. The van der Waals surface area contributed by atoms with E-state index in [1.807, 2.05) is 16.7 Å². The fourth-order valence-electron chi connectivity index (χ4n) is 2.10. The van der Waals surface area contributed by atoms with Gasteiger partial charge in [-0.25, -0.2) is 4.39 Å². The van der Waals surface area contributed by atoms with Crippen molar-refractivity contribution in [2.75, 3.05) is 0 Å². The molecule has 1 aromatic carbocycles. The van der Waals surface area contributed by atoms with Crippen LogP contribution in [0, 0.1) is 5.82 Å². The second-order valence-corrected chi connectivity index (χ2v) is 7.38. The third-order valence-electron chi connectivity index (χ3n) is 3.18. The highest BCUT2D eigenvalue weighted by Crippen LogP contribution is 2.35. The Balaban J connectivity index is 2.06. The first-order chi connectivity index (χ1) is 10.5. The summed E-state index contributed by atoms with van der Waals surface area (Å²) in [6, 6.07) is 6.83. The maximum absolute atomic E-state index is 14.0. The van der Waals surface area contributed by atoms with Crippen LogP contribution in [0.3, 0.4) is 0 Å². The predicted octanol–water partition coefficient (Wildman–Crippen LogP) is 4.30. The Labute approximate surface area is 139 Å². The van der Waals surface area contributed by atoms with Crippen LogP contribution in [0.25, 0.3) is 5.65 Å². The number of fused-ring (bicyclic) bond motifs is 1. The third kappa shape index (κ3) is 2.98. The van der Waals surface area contributed by atoms with E-state index in [2.05, 4.69) is 33.3 Å². The Hall–Kier alpha value is -1.16. The van der Waals surface area contributed by atoms with Crippen LogP contribution < -0.4 is 5.30 Å². The normalized spacial score (nSPS) is 11.5. The lowest BCUT2D eigenvalue weighted by atomic mass is 10.2. The maximum Gasteiger partial charge on any atom is 0.162 e. The first-order valence-corrected chi connectivity index (χ1v) is 8.50. The summed E-state index contributed by atoms with van der Waals surface area (Å²) in [6.45, 7) is 4.10. The Bertz CT molecular complexity index is 850. The van der Waals surface area contributed by atoms with Gasteiger partial charge >= 0.3 is 0 Å². The SMILES string of the molecule is CC(C)c1nnc2cc(Cl)c(Sc3ccc(P)cc3F)cn12. The molecule has 22 heavy (non-hydrogen) atoms. The molecule has 3 aromatic rings. The Morgan fingerprint density at radius 1 is 1.23 bits per heavy atom. The number of nitrogens with zero attached hydrogens (tertiary/aromatic N) is 3. The van der Waals surface area contributed by atoms with E-state index in [1.54, 1.807) is 12.1 Å². The minimum atomic E-state index is -0.262. The van der Waals surface area contributed by atoms with Crippen LogP contribution >= 0.6 is 32.6 Å². The van der Waals surface area contributed by atoms with Gasteiger partial charge in [0.2, 0.25) is 0 Å². The van der Waals surface area contributed by atoms with Crippen LogP contribution in [-0.4, -0.2) is 14.6 Å². The summed E-state index contributed by atoms with van der Waals surface area (Å²) in [5, 5.41) is 9.65. The van der Waals surface area contributed by atoms with Gasteiger partial charge in [0.25, 0.3) is 0 Å². The lowest BCUT2D eigenvalue weighted by Crippen LogP contribution is -1.98. The van der Waals surface area contributed by atoms with Gasteiger partial charge in [-0.15, -0.1) is 19.4 Å². The van der Waals surface area contributed by atoms with E-state index in [0.717, 1.165) is 16.0 Å². The molecule has 0 radical (unpaired) electrons. The number of benzene rings is 1. The van der Waals surface area contributed by atoms with Crippen molar-refractivity contribution < 1.29 is 4.39 Å². The third-order valence-corrected chi connectivity index (χ3v) is 5.06. The second kappa shape index (κ2) is 6.15. The molecule has 2 aromatic heterocycles. The van der Waals surface area contributed by atoms with Crippen LogP contribution in [0.2, 0.25) is 5.02 Å². The Morgan fingerprint density at radius 3 is 2.68 bits per heavy atom. The van der Waals surface area contributed by atoms with Gasteiger partial charge < -0.3 is 0 Å². The topological polar surface area (TPSA) is 30.2 Å². The fraction of sp³-hybridized carbons (Fsp3) is 0.200. The number of hydrogen-bond acceptors (Lipinski definition) is 3. The van der Waals surface area contributed by atoms with Gasteiger partial charge in [0.1, 0.15) is 11.6 Å². The molecule has 0 fully saturated rings. The Morgan fingerprint density at radius 2 is 2.00 bits per heavy atom. The van der Waals surface area contributed by atoms with Crippen molar-refractivity contribution in [3.8, 4) is 0 Å². The van der Waals surface area contributed by atoms with Crippen molar-refractivity contribution in [1.82, 2.24) is 14.6 Å². The number of rotatable bonds is 3. The minimum absolute atomic E-state index is 0.238. The highest BCUT2D eigenvalue weighted by Gasteiger charge is 2.14. The number of halogens is 2. The molecule has 0 saturated heterocycles. The molecule has 0 bridgehead atoms. The summed E-state index contributed by atoms with van der Waals surface area (Å²) in [7, 11) is 2.48. The van der Waals surface area contributed by atoms with Crippen molar-refractivity contribution in [3.05, 3.63) is 47.1 Å². The smallest absolute Gasteiger partial charge is 0.162 e. The van der Waals surface area contributed by atoms with E-state index in [4.69, 9.17) is 11.6 Å². The van der Waals surface area contributed by atoms with Crippen LogP contribution in [0.4, 0.5) is 4.39 Å². The fourth-order valence-corrected chi connectivity index (χ4v) is 3.45. The zero-order valence-electron chi connectivity index (χ0n) is 12.0. The molecule has 0 aliphatic rings. The molecule has 2 heterocycles. The first kappa shape index (κ1) is 15.7. The van der Waals surface area contributed by atoms with Crippen LogP contribution in [0.15, 0.2) is 40.3 Å². The number of pyridine rings is 1. The van der Waals surface area contributed by atoms with Gasteiger partial charge in [-0.3, -0.25) is 4.40 Å². The van der Waals surface area contributed by atoms with Gasteiger partial charge in [0, 0.05) is 28.0 Å². The highest BCUT2D eigenvalue weighted by atomic mass is 35.5. The summed E-state index contributed by atoms with van der Waals surface area (Å²) in [5.74, 6) is 0.831. The summed E-state index contributed by atoms with van der Waals surface area (Å²) >= 11 is 7.59. The highest BCUT2D eigenvalue weighted by molar-refractivity contribution is 7.99. The molecule has 0 amide bonds. The van der Waals surface area contributed by atoms with Gasteiger partial charge in [-0.1, -0.05) is 43.3 Å². The molecular formula is C15H14ClFN3PS. The average molecular weight is 354 g/mol. The minimum Gasteiger partial charge on any atom is -0.285 e. The van der Waals surface area contributed by atoms with Gasteiger partial charge in [-0.05, 0) is 17.4 Å². The molecule has 114 valence electrons. The molecule has 1 atom stereocenters. The Kier molecular flexibility index (Phi) is 4.40. The van der Waals surface area contributed by atoms with E-state index in [9.17, 15) is 4.39 Å². The second-order valence-electron chi connectivity index (χ2n) is 5.22. The van der Waals surface area contributed by atoms with Crippen molar-refractivity contribution in [2.24, 2.45) is 0 Å². The molecule has 0 saturated carbocycles. The zero-order chi connectivity index (χ0) is 15.9. The summed E-state index contributed by atoms with van der Waals surface area (Å²) < 4.78 is 15.9. The molecule has 3 nitrogen and oxygen atoms in total. The summed E-state index contributed by atoms with van der Waals surface area (Å²) in [6.07, 6.45) is 1.87. The largest absolute Gasteiger partial charge is 0.285 e.